The van der Waals surface area contributed by atoms with Gasteiger partial charge in [0.05, 0.1) is 0 Å². The van der Waals surface area contributed by atoms with Gasteiger partial charge in [-0.15, -0.1) is 0 Å². The number of benzene rings is 1. The summed E-state index contributed by atoms with van der Waals surface area (Å²) >= 11 is 0. The van der Waals surface area contributed by atoms with Crippen molar-refractivity contribution < 1.29 is 14.6 Å². The number of hydrogen-bond donors (Lipinski definition) is 1. The van der Waals surface area contributed by atoms with Gasteiger partial charge in [0.1, 0.15) is 5.75 Å². The number of carboxylic acids is 1. The molecule has 0 bridgehead atoms. The van der Waals surface area contributed by atoms with E-state index < -0.39 is 5.97 Å². The van der Waals surface area contributed by atoms with E-state index in [0.717, 1.165) is 36.3 Å². The van der Waals surface area contributed by atoms with E-state index in [-0.39, 0.29) is 6.61 Å². The standard InChI is InChI=1S/C23H34O3/c1-2-3-4-5-6-7-9-17-12-13-19-15-21-18(14-20(17)19)10-8-11-22(21)26-16-23(24)25/h8,10-11,17,19-20H,2-7,9,12-16H2,1H3,(H,24,25). The second kappa shape index (κ2) is 9.43. The predicted molar refractivity (Wildman–Crippen MR) is 105 cm³/mol. The molecular formula is C23H34O3. The molecule has 1 N–H and O–H groups in total. The van der Waals surface area contributed by atoms with Crippen LogP contribution in [-0.2, 0) is 17.6 Å². The average Bonchev–Trinajstić information content (AvgIpc) is 3.03. The molecule has 3 atom stereocenters. The fourth-order valence-corrected chi connectivity index (χ4v) is 5.20. The fourth-order valence-electron chi connectivity index (χ4n) is 5.20. The molecule has 3 nitrogen and oxygen atoms in total. The second-order valence-corrected chi connectivity index (χ2v) is 8.30. The van der Waals surface area contributed by atoms with Crippen LogP contribution in [0.2, 0.25) is 0 Å². The lowest BCUT2D eigenvalue weighted by atomic mass is 9.73. The highest BCUT2D eigenvalue weighted by Crippen LogP contribution is 2.48. The summed E-state index contributed by atoms with van der Waals surface area (Å²) in [6.07, 6.45) is 14.7. The van der Waals surface area contributed by atoms with Crippen molar-refractivity contribution in [3.05, 3.63) is 29.3 Å². The molecule has 1 aromatic rings. The Morgan fingerprint density at radius 3 is 2.73 bits per heavy atom. The highest BCUT2D eigenvalue weighted by molar-refractivity contribution is 5.68. The van der Waals surface area contributed by atoms with Gasteiger partial charge in [-0.1, -0.05) is 64.0 Å². The minimum atomic E-state index is -0.906. The second-order valence-electron chi connectivity index (χ2n) is 8.30. The van der Waals surface area contributed by atoms with Crippen LogP contribution in [0.25, 0.3) is 0 Å². The molecule has 1 aromatic carbocycles. The molecule has 0 radical (unpaired) electrons. The van der Waals surface area contributed by atoms with Gasteiger partial charge in [0.25, 0.3) is 0 Å². The van der Waals surface area contributed by atoms with Gasteiger partial charge in [-0.2, -0.15) is 0 Å². The topological polar surface area (TPSA) is 46.5 Å². The van der Waals surface area contributed by atoms with E-state index in [9.17, 15) is 4.79 Å². The minimum Gasteiger partial charge on any atom is -0.482 e. The summed E-state index contributed by atoms with van der Waals surface area (Å²) in [6.45, 7) is 2.03. The van der Waals surface area contributed by atoms with Crippen molar-refractivity contribution >= 4 is 5.97 Å². The van der Waals surface area contributed by atoms with E-state index in [4.69, 9.17) is 9.84 Å². The summed E-state index contributed by atoms with van der Waals surface area (Å²) in [6, 6.07) is 6.18. The van der Waals surface area contributed by atoms with Crippen molar-refractivity contribution in [2.24, 2.45) is 17.8 Å². The molecule has 144 valence electrons. The first-order valence-electron chi connectivity index (χ1n) is 10.6. The first-order chi connectivity index (χ1) is 12.7. The molecule has 2 aliphatic rings. The number of unbranched alkanes of at least 4 members (excludes halogenated alkanes) is 5. The van der Waals surface area contributed by atoms with Gasteiger partial charge in [0.15, 0.2) is 6.61 Å². The first-order valence-corrected chi connectivity index (χ1v) is 10.6. The maximum Gasteiger partial charge on any atom is 0.341 e. The maximum atomic E-state index is 10.8. The van der Waals surface area contributed by atoms with E-state index >= 15 is 0 Å². The molecule has 3 rings (SSSR count). The third-order valence-electron chi connectivity index (χ3n) is 6.55. The molecule has 0 aliphatic heterocycles. The number of rotatable bonds is 10. The molecule has 3 unspecified atom stereocenters. The molecule has 3 heteroatoms. The molecule has 26 heavy (non-hydrogen) atoms. The van der Waals surface area contributed by atoms with Crippen molar-refractivity contribution in [3.8, 4) is 5.75 Å². The lowest BCUT2D eigenvalue weighted by Crippen LogP contribution is -2.26. The zero-order valence-corrected chi connectivity index (χ0v) is 16.2. The highest BCUT2D eigenvalue weighted by atomic mass is 16.5. The summed E-state index contributed by atoms with van der Waals surface area (Å²) in [7, 11) is 0. The van der Waals surface area contributed by atoms with Crippen molar-refractivity contribution in [2.75, 3.05) is 6.61 Å². The molecule has 1 fully saturated rings. The Morgan fingerprint density at radius 1 is 1.12 bits per heavy atom. The number of fused-ring (bicyclic) bond motifs is 2. The third kappa shape index (κ3) is 4.81. The fraction of sp³-hybridized carbons (Fsp3) is 0.696. The van der Waals surface area contributed by atoms with Crippen LogP contribution < -0.4 is 4.74 Å². The van der Waals surface area contributed by atoms with Crippen molar-refractivity contribution in [1.82, 2.24) is 0 Å². The smallest absolute Gasteiger partial charge is 0.341 e. The van der Waals surface area contributed by atoms with Crippen molar-refractivity contribution in [3.63, 3.8) is 0 Å². The molecule has 0 amide bonds. The molecule has 0 aromatic heterocycles. The van der Waals surface area contributed by atoms with Crippen LogP contribution in [0.4, 0.5) is 0 Å². The first kappa shape index (κ1) is 19.3. The van der Waals surface area contributed by atoms with Gasteiger partial charge in [0.2, 0.25) is 0 Å². The average molecular weight is 359 g/mol. The largest absolute Gasteiger partial charge is 0.482 e. The van der Waals surface area contributed by atoms with Gasteiger partial charge in [0, 0.05) is 0 Å². The van der Waals surface area contributed by atoms with E-state index in [1.165, 1.54) is 68.9 Å². The van der Waals surface area contributed by atoms with Crippen LogP contribution >= 0.6 is 0 Å². The monoisotopic (exact) mass is 358 g/mol. The molecule has 0 saturated heterocycles. The Hall–Kier alpha value is -1.51. The van der Waals surface area contributed by atoms with Gasteiger partial charge >= 0.3 is 5.97 Å². The lowest BCUT2D eigenvalue weighted by molar-refractivity contribution is -0.139. The SMILES string of the molecule is CCCCCCCCC1CCC2Cc3c(cccc3OCC(=O)O)CC12. The maximum absolute atomic E-state index is 10.8. The van der Waals surface area contributed by atoms with E-state index in [1.807, 2.05) is 12.1 Å². The van der Waals surface area contributed by atoms with E-state index in [1.54, 1.807) is 0 Å². The predicted octanol–water partition coefficient (Wildman–Crippen LogP) is 5.64. The number of aliphatic carboxylic acids is 1. The molecular weight excluding hydrogens is 324 g/mol. The summed E-state index contributed by atoms with van der Waals surface area (Å²) in [4.78, 5) is 10.8. The Morgan fingerprint density at radius 2 is 1.92 bits per heavy atom. The summed E-state index contributed by atoms with van der Waals surface area (Å²) in [5, 5.41) is 8.89. The van der Waals surface area contributed by atoms with E-state index in [2.05, 4.69) is 13.0 Å². The third-order valence-corrected chi connectivity index (χ3v) is 6.55. The Labute approximate surface area is 158 Å². The van der Waals surface area contributed by atoms with Crippen LogP contribution in [0.5, 0.6) is 5.75 Å². The van der Waals surface area contributed by atoms with Crippen LogP contribution in [0.15, 0.2) is 18.2 Å². The summed E-state index contributed by atoms with van der Waals surface area (Å²) < 4.78 is 5.55. The lowest BCUT2D eigenvalue weighted by Gasteiger charge is -2.32. The van der Waals surface area contributed by atoms with Crippen LogP contribution in [0.1, 0.15) is 75.8 Å². The number of ether oxygens (including phenoxy) is 1. The molecule has 0 spiro atoms. The van der Waals surface area contributed by atoms with Gasteiger partial charge in [-0.05, 0) is 60.6 Å². The zero-order chi connectivity index (χ0) is 18.4. The number of carbonyl (C=O) groups is 1. The Kier molecular flexibility index (Phi) is 6.99. The Balaban J connectivity index is 1.55. The van der Waals surface area contributed by atoms with Crippen molar-refractivity contribution in [2.45, 2.75) is 77.6 Å². The zero-order valence-electron chi connectivity index (χ0n) is 16.2. The van der Waals surface area contributed by atoms with Crippen LogP contribution in [0.3, 0.4) is 0 Å². The van der Waals surface area contributed by atoms with Crippen LogP contribution in [-0.4, -0.2) is 17.7 Å². The molecule has 0 heterocycles. The quantitative estimate of drug-likeness (QED) is 0.550. The van der Waals surface area contributed by atoms with Gasteiger partial charge in [-0.25, -0.2) is 4.79 Å². The highest BCUT2D eigenvalue weighted by Gasteiger charge is 2.39. The minimum absolute atomic E-state index is 0.245. The van der Waals surface area contributed by atoms with Gasteiger partial charge < -0.3 is 9.84 Å². The Bertz CT molecular complexity index is 595. The van der Waals surface area contributed by atoms with Crippen molar-refractivity contribution in [1.29, 1.82) is 0 Å². The normalized spacial score (nSPS) is 24.1. The van der Waals surface area contributed by atoms with Crippen LogP contribution in [0, 0.1) is 17.8 Å². The molecule has 2 aliphatic carbocycles. The summed E-state index contributed by atoms with van der Waals surface area (Å²) in [5.41, 5.74) is 2.67. The summed E-state index contributed by atoms with van der Waals surface area (Å²) in [5.74, 6) is 2.37. The number of hydrogen-bond acceptors (Lipinski definition) is 2. The number of carboxylic acid groups (broad SMARTS) is 1. The van der Waals surface area contributed by atoms with Gasteiger partial charge in [-0.3, -0.25) is 0 Å². The van der Waals surface area contributed by atoms with E-state index in [0.29, 0.717) is 0 Å². The molecule has 1 saturated carbocycles.